The molecule has 116 valence electrons. The molecule has 2 heterocycles. The van der Waals surface area contributed by atoms with Crippen molar-refractivity contribution in [2.24, 2.45) is 7.05 Å². The fourth-order valence-electron chi connectivity index (χ4n) is 2.29. The highest BCUT2D eigenvalue weighted by molar-refractivity contribution is 6.28. The lowest BCUT2D eigenvalue weighted by atomic mass is 10.1. The third-order valence-corrected chi connectivity index (χ3v) is 4.00. The second-order valence-corrected chi connectivity index (χ2v) is 5.56. The van der Waals surface area contributed by atoms with Gasteiger partial charge in [0.2, 0.25) is 11.2 Å². The van der Waals surface area contributed by atoms with Crippen LogP contribution in [-0.2, 0) is 28.0 Å². The molecule has 0 aliphatic carbocycles. The minimum Gasteiger partial charge on any atom is -0.458 e. The van der Waals surface area contributed by atoms with Crippen LogP contribution in [-0.4, -0.2) is 39.4 Å². The van der Waals surface area contributed by atoms with Crippen molar-refractivity contribution in [3.05, 3.63) is 17.2 Å². The summed E-state index contributed by atoms with van der Waals surface area (Å²) in [5, 5.41) is 0.347. The molecule has 0 N–H and O–H groups in total. The molecule has 7 heteroatoms. The number of likely N-dealkylation sites (tertiary alicyclic amines) is 1. The molecule has 6 nitrogen and oxygen atoms in total. The number of hydrogen-bond acceptors (Lipinski definition) is 4. The predicted molar refractivity (Wildman–Crippen MR) is 77.7 cm³/mol. The summed E-state index contributed by atoms with van der Waals surface area (Å²) >= 11 is 5.81. The van der Waals surface area contributed by atoms with Crippen molar-refractivity contribution in [2.45, 2.75) is 38.7 Å². The molecule has 0 aromatic carbocycles. The van der Waals surface area contributed by atoms with E-state index in [4.69, 9.17) is 16.3 Å². The maximum Gasteiger partial charge on any atom is 0.326 e. The first-order valence-electron chi connectivity index (χ1n) is 7.17. The standard InChI is InChI=1S/C14H20ClN3O3/c1-17-11(8-16-14(17)15)10-21-13(20)9-18-7-5-3-2-4-6-12(18)19/h8H,2-7,9-10H2,1H3. The molecular weight excluding hydrogens is 294 g/mol. The molecule has 0 atom stereocenters. The highest BCUT2D eigenvalue weighted by Crippen LogP contribution is 2.12. The van der Waals surface area contributed by atoms with Gasteiger partial charge in [-0.25, -0.2) is 4.98 Å². The summed E-state index contributed by atoms with van der Waals surface area (Å²) in [6.07, 6.45) is 6.12. The van der Waals surface area contributed by atoms with E-state index in [0.717, 1.165) is 25.7 Å². The first kappa shape index (κ1) is 15.8. The first-order valence-corrected chi connectivity index (χ1v) is 7.55. The van der Waals surface area contributed by atoms with Crippen molar-refractivity contribution in [1.29, 1.82) is 0 Å². The number of rotatable bonds is 4. The third kappa shape index (κ3) is 4.46. The Labute approximate surface area is 129 Å². The minimum atomic E-state index is -0.402. The van der Waals surface area contributed by atoms with Crippen molar-refractivity contribution in [2.75, 3.05) is 13.1 Å². The zero-order valence-corrected chi connectivity index (χ0v) is 12.9. The predicted octanol–water partition coefficient (Wildman–Crippen LogP) is 1.91. The highest BCUT2D eigenvalue weighted by atomic mass is 35.5. The molecule has 0 spiro atoms. The van der Waals surface area contributed by atoms with Crippen LogP contribution in [0.1, 0.15) is 37.8 Å². The first-order chi connectivity index (χ1) is 10.1. The largest absolute Gasteiger partial charge is 0.458 e. The van der Waals surface area contributed by atoms with Gasteiger partial charge in [-0.3, -0.25) is 9.59 Å². The Balaban J connectivity index is 1.82. The molecule has 2 rings (SSSR count). The molecular formula is C14H20ClN3O3. The zero-order chi connectivity index (χ0) is 15.2. The quantitative estimate of drug-likeness (QED) is 0.797. The van der Waals surface area contributed by atoms with E-state index in [9.17, 15) is 9.59 Å². The molecule has 0 bridgehead atoms. The van der Waals surface area contributed by atoms with E-state index < -0.39 is 5.97 Å². The summed E-state index contributed by atoms with van der Waals surface area (Å²) in [6.45, 7) is 0.757. The molecule has 1 aromatic rings. The van der Waals surface area contributed by atoms with Crippen LogP contribution < -0.4 is 0 Å². The molecule has 1 saturated heterocycles. The molecule has 1 fully saturated rings. The molecule has 0 unspecified atom stereocenters. The number of esters is 1. The van der Waals surface area contributed by atoms with Gasteiger partial charge in [-0.05, 0) is 24.4 Å². The number of imidazole rings is 1. The SMILES string of the molecule is Cn1c(COC(=O)CN2CCCCCCC2=O)cnc1Cl. The lowest BCUT2D eigenvalue weighted by Crippen LogP contribution is -2.37. The van der Waals surface area contributed by atoms with Gasteiger partial charge in [-0.2, -0.15) is 0 Å². The van der Waals surface area contributed by atoms with Crippen LogP contribution in [0, 0.1) is 0 Å². The Morgan fingerprint density at radius 3 is 2.86 bits per heavy atom. The summed E-state index contributed by atoms with van der Waals surface area (Å²) in [4.78, 5) is 29.3. The molecule has 21 heavy (non-hydrogen) atoms. The summed E-state index contributed by atoms with van der Waals surface area (Å²) in [5.41, 5.74) is 0.715. The number of halogens is 1. The van der Waals surface area contributed by atoms with Crippen LogP contribution >= 0.6 is 11.6 Å². The van der Waals surface area contributed by atoms with Crippen molar-refractivity contribution in [1.82, 2.24) is 14.5 Å². The number of carbonyl (C=O) groups excluding carboxylic acids is 2. The Kier molecular flexibility index (Phi) is 5.61. The van der Waals surface area contributed by atoms with Gasteiger partial charge >= 0.3 is 5.97 Å². The molecule has 0 saturated carbocycles. The number of nitrogens with zero attached hydrogens (tertiary/aromatic N) is 3. The molecule has 0 radical (unpaired) electrons. The van der Waals surface area contributed by atoms with Gasteiger partial charge in [-0.15, -0.1) is 0 Å². The highest BCUT2D eigenvalue weighted by Gasteiger charge is 2.19. The van der Waals surface area contributed by atoms with Crippen LogP contribution in [0.3, 0.4) is 0 Å². The number of amides is 1. The Hall–Kier alpha value is -1.56. The number of ether oxygens (including phenoxy) is 1. The van der Waals surface area contributed by atoms with Crippen molar-refractivity contribution in [3.63, 3.8) is 0 Å². The average Bonchev–Trinajstić information content (AvgIpc) is 2.76. The van der Waals surface area contributed by atoms with Gasteiger partial charge < -0.3 is 14.2 Å². The van der Waals surface area contributed by atoms with Gasteiger partial charge in [0, 0.05) is 20.0 Å². The Morgan fingerprint density at radius 2 is 2.14 bits per heavy atom. The van der Waals surface area contributed by atoms with Gasteiger partial charge in [0.1, 0.15) is 13.2 Å². The zero-order valence-electron chi connectivity index (χ0n) is 12.2. The Bertz CT molecular complexity index is 516. The molecule has 1 aliphatic rings. The monoisotopic (exact) mass is 313 g/mol. The van der Waals surface area contributed by atoms with Crippen LogP contribution in [0.25, 0.3) is 0 Å². The smallest absolute Gasteiger partial charge is 0.326 e. The number of carbonyl (C=O) groups is 2. The van der Waals surface area contributed by atoms with Gasteiger partial charge in [0.05, 0.1) is 11.9 Å². The summed E-state index contributed by atoms with van der Waals surface area (Å²) in [7, 11) is 1.75. The van der Waals surface area contributed by atoms with Crippen molar-refractivity contribution >= 4 is 23.5 Å². The van der Waals surface area contributed by atoms with E-state index in [1.54, 1.807) is 22.7 Å². The Morgan fingerprint density at radius 1 is 1.38 bits per heavy atom. The van der Waals surface area contributed by atoms with Crippen LogP contribution in [0.4, 0.5) is 0 Å². The minimum absolute atomic E-state index is 0.0183. The van der Waals surface area contributed by atoms with E-state index in [1.165, 1.54) is 0 Å². The second-order valence-electron chi connectivity index (χ2n) is 5.22. The van der Waals surface area contributed by atoms with E-state index in [2.05, 4.69) is 4.98 Å². The summed E-state index contributed by atoms with van der Waals surface area (Å²) < 4.78 is 6.84. The van der Waals surface area contributed by atoms with Gasteiger partial charge in [-0.1, -0.05) is 12.8 Å². The maximum absolute atomic E-state index is 11.9. The topological polar surface area (TPSA) is 64.4 Å². The fourth-order valence-corrected chi connectivity index (χ4v) is 2.45. The summed E-state index contributed by atoms with van der Waals surface area (Å²) in [5.74, 6) is -0.364. The van der Waals surface area contributed by atoms with Crippen molar-refractivity contribution in [3.8, 4) is 0 Å². The second kappa shape index (κ2) is 7.45. The molecule has 1 aromatic heterocycles. The van der Waals surface area contributed by atoms with E-state index in [1.807, 2.05) is 0 Å². The number of hydrogen-bond donors (Lipinski definition) is 0. The van der Waals surface area contributed by atoms with Crippen LogP contribution in [0.5, 0.6) is 0 Å². The average molecular weight is 314 g/mol. The molecule has 1 aliphatic heterocycles. The third-order valence-electron chi connectivity index (χ3n) is 3.65. The van der Waals surface area contributed by atoms with Crippen LogP contribution in [0.15, 0.2) is 6.20 Å². The van der Waals surface area contributed by atoms with Crippen LogP contribution in [0.2, 0.25) is 5.28 Å². The van der Waals surface area contributed by atoms with Gasteiger partial charge in [0.25, 0.3) is 0 Å². The van der Waals surface area contributed by atoms with Gasteiger partial charge in [0.15, 0.2) is 0 Å². The van der Waals surface area contributed by atoms with E-state index in [0.29, 0.717) is 23.9 Å². The molecule has 1 amide bonds. The normalized spacial score (nSPS) is 16.5. The van der Waals surface area contributed by atoms with Crippen molar-refractivity contribution < 1.29 is 14.3 Å². The fraction of sp³-hybridized carbons (Fsp3) is 0.643. The lowest BCUT2D eigenvalue weighted by molar-refractivity contribution is -0.150. The number of aromatic nitrogens is 2. The van der Waals surface area contributed by atoms with E-state index >= 15 is 0 Å². The van der Waals surface area contributed by atoms with E-state index in [-0.39, 0.29) is 19.1 Å². The maximum atomic E-state index is 11.9. The summed E-state index contributed by atoms with van der Waals surface area (Å²) in [6, 6.07) is 0. The lowest BCUT2D eigenvalue weighted by Gasteiger charge is -2.23.